The Bertz CT molecular complexity index is 275. The topological polar surface area (TPSA) is 41.5 Å². The third-order valence-electron chi connectivity index (χ3n) is 4.56. The van der Waals surface area contributed by atoms with Crippen LogP contribution in [0.3, 0.4) is 0 Å². The number of thioether (sulfide) groups is 1. The minimum atomic E-state index is -0.393. The van der Waals surface area contributed by atoms with E-state index < -0.39 is 5.60 Å². The lowest BCUT2D eigenvalue weighted by molar-refractivity contribution is -0.0782. The zero-order chi connectivity index (χ0) is 11.8. The Balaban J connectivity index is 1.50. The highest BCUT2D eigenvalue weighted by Gasteiger charge is 2.41. The molecule has 4 heteroatoms. The number of rotatable bonds is 3. The smallest absolute Gasteiger partial charge is 0.0795 e. The van der Waals surface area contributed by atoms with Gasteiger partial charge in [0, 0.05) is 24.9 Å². The molecule has 1 aliphatic carbocycles. The Morgan fingerprint density at radius 2 is 2.24 bits per heavy atom. The first-order chi connectivity index (χ1) is 8.20. The van der Waals surface area contributed by atoms with E-state index in [4.69, 9.17) is 4.74 Å². The molecule has 3 aliphatic rings. The molecule has 1 spiro atoms. The van der Waals surface area contributed by atoms with Gasteiger partial charge in [0.05, 0.1) is 11.2 Å². The summed E-state index contributed by atoms with van der Waals surface area (Å²) in [6.07, 6.45) is 6.58. The molecule has 2 unspecified atom stereocenters. The summed E-state index contributed by atoms with van der Waals surface area (Å²) in [7, 11) is 0. The quantitative estimate of drug-likeness (QED) is 0.805. The Hall–Kier alpha value is 0.230. The maximum Gasteiger partial charge on any atom is 0.0795 e. The Labute approximate surface area is 108 Å². The van der Waals surface area contributed by atoms with E-state index >= 15 is 0 Å². The van der Waals surface area contributed by atoms with E-state index in [1.54, 1.807) is 0 Å². The van der Waals surface area contributed by atoms with E-state index in [0.717, 1.165) is 44.6 Å². The van der Waals surface area contributed by atoms with Crippen LogP contribution in [0.5, 0.6) is 0 Å². The zero-order valence-corrected chi connectivity index (χ0v) is 11.2. The monoisotopic (exact) mass is 257 g/mol. The second kappa shape index (κ2) is 4.72. The van der Waals surface area contributed by atoms with E-state index in [0.29, 0.717) is 6.04 Å². The predicted molar refractivity (Wildman–Crippen MR) is 70.5 cm³/mol. The Morgan fingerprint density at radius 1 is 1.35 bits per heavy atom. The molecule has 0 aromatic heterocycles. The SMILES string of the molecule is OC1(CNC2CCOC3(CCSC3)C2)CCC1. The minimum absolute atomic E-state index is 0.156. The molecule has 0 radical (unpaired) electrons. The lowest BCUT2D eigenvalue weighted by Gasteiger charge is -2.41. The normalized spacial score (nSPS) is 40.4. The van der Waals surface area contributed by atoms with Gasteiger partial charge >= 0.3 is 0 Å². The second-order valence-corrected chi connectivity index (χ2v) is 7.09. The maximum atomic E-state index is 10.1. The van der Waals surface area contributed by atoms with Crippen LogP contribution in [-0.2, 0) is 4.74 Å². The lowest BCUT2D eigenvalue weighted by Crippen LogP contribution is -2.53. The number of nitrogens with one attached hydrogen (secondary N) is 1. The first kappa shape index (κ1) is 12.3. The average Bonchev–Trinajstić information content (AvgIpc) is 2.72. The molecule has 98 valence electrons. The van der Waals surface area contributed by atoms with Crippen molar-refractivity contribution in [1.29, 1.82) is 0 Å². The fraction of sp³-hybridized carbons (Fsp3) is 1.00. The first-order valence-corrected chi connectivity index (χ1v) is 8.03. The van der Waals surface area contributed by atoms with Crippen LogP contribution < -0.4 is 5.32 Å². The minimum Gasteiger partial charge on any atom is -0.389 e. The van der Waals surface area contributed by atoms with Crippen LogP contribution in [-0.4, -0.2) is 47.0 Å². The fourth-order valence-electron chi connectivity index (χ4n) is 3.16. The standard InChI is InChI=1S/C13H23NO2S/c15-12(3-1-4-12)9-14-11-2-6-16-13(8-11)5-7-17-10-13/h11,14-15H,1-10H2. The van der Waals surface area contributed by atoms with E-state index in [-0.39, 0.29) is 5.60 Å². The highest BCUT2D eigenvalue weighted by Crippen LogP contribution is 2.38. The van der Waals surface area contributed by atoms with Gasteiger partial charge in [0.25, 0.3) is 0 Å². The van der Waals surface area contributed by atoms with Crippen molar-refractivity contribution >= 4 is 11.8 Å². The highest BCUT2D eigenvalue weighted by molar-refractivity contribution is 7.99. The van der Waals surface area contributed by atoms with Crippen molar-refractivity contribution < 1.29 is 9.84 Å². The summed E-state index contributed by atoms with van der Waals surface area (Å²) in [5.74, 6) is 2.41. The van der Waals surface area contributed by atoms with Gasteiger partial charge in [0.1, 0.15) is 0 Å². The van der Waals surface area contributed by atoms with E-state index in [1.165, 1.54) is 18.6 Å². The van der Waals surface area contributed by atoms with Gasteiger partial charge in [0.2, 0.25) is 0 Å². The van der Waals surface area contributed by atoms with Crippen molar-refractivity contribution in [1.82, 2.24) is 5.32 Å². The van der Waals surface area contributed by atoms with Crippen LogP contribution in [0.2, 0.25) is 0 Å². The molecule has 0 aromatic rings. The number of hydrogen-bond donors (Lipinski definition) is 2. The first-order valence-electron chi connectivity index (χ1n) is 6.87. The maximum absolute atomic E-state index is 10.1. The van der Waals surface area contributed by atoms with Gasteiger partial charge in [-0.3, -0.25) is 0 Å². The van der Waals surface area contributed by atoms with Gasteiger partial charge < -0.3 is 15.2 Å². The molecule has 3 rings (SSSR count). The van der Waals surface area contributed by atoms with Crippen molar-refractivity contribution in [3.63, 3.8) is 0 Å². The van der Waals surface area contributed by atoms with Crippen LogP contribution in [0.1, 0.15) is 38.5 Å². The number of ether oxygens (including phenoxy) is 1. The van der Waals surface area contributed by atoms with Gasteiger partial charge in [-0.2, -0.15) is 11.8 Å². The number of aliphatic hydroxyl groups is 1. The lowest BCUT2D eigenvalue weighted by atomic mass is 9.80. The van der Waals surface area contributed by atoms with Crippen LogP contribution in [0, 0.1) is 0 Å². The van der Waals surface area contributed by atoms with Crippen LogP contribution >= 0.6 is 11.8 Å². The summed E-state index contributed by atoms with van der Waals surface area (Å²) < 4.78 is 6.01. The number of hydrogen-bond acceptors (Lipinski definition) is 4. The van der Waals surface area contributed by atoms with E-state index in [9.17, 15) is 5.11 Å². The molecule has 17 heavy (non-hydrogen) atoms. The van der Waals surface area contributed by atoms with Crippen molar-refractivity contribution in [3.05, 3.63) is 0 Å². The van der Waals surface area contributed by atoms with Crippen LogP contribution in [0.4, 0.5) is 0 Å². The molecule has 3 fully saturated rings. The molecule has 1 saturated carbocycles. The second-order valence-electron chi connectivity index (χ2n) is 5.98. The summed E-state index contributed by atoms with van der Waals surface area (Å²) in [4.78, 5) is 0. The molecular weight excluding hydrogens is 234 g/mol. The summed E-state index contributed by atoms with van der Waals surface area (Å²) >= 11 is 2.02. The largest absolute Gasteiger partial charge is 0.389 e. The Kier molecular flexibility index (Phi) is 3.41. The summed E-state index contributed by atoms with van der Waals surface area (Å²) in [6.45, 7) is 1.66. The van der Waals surface area contributed by atoms with Crippen molar-refractivity contribution in [3.8, 4) is 0 Å². The van der Waals surface area contributed by atoms with Crippen molar-refractivity contribution in [2.75, 3.05) is 24.7 Å². The highest BCUT2D eigenvalue weighted by atomic mass is 32.2. The molecule has 2 saturated heterocycles. The third kappa shape index (κ3) is 2.65. The molecule has 2 N–H and O–H groups in total. The van der Waals surface area contributed by atoms with Gasteiger partial charge in [-0.25, -0.2) is 0 Å². The molecule has 0 bridgehead atoms. The van der Waals surface area contributed by atoms with Gasteiger partial charge in [0.15, 0.2) is 0 Å². The van der Waals surface area contributed by atoms with Gasteiger partial charge in [-0.1, -0.05) is 0 Å². The van der Waals surface area contributed by atoms with Crippen LogP contribution in [0.15, 0.2) is 0 Å². The molecule has 2 atom stereocenters. The molecule has 0 aromatic carbocycles. The zero-order valence-electron chi connectivity index (χ0n) is 10.4. The van der Waals surface area contributed by atoms with Gasteiger partial charge in [-0.05, 0) is 44.3 Å². The third-order valence-corrected chi connectivity index (χ3v) is 5.79. The van der Waals surface area contributed by atoms with Crippen LogP contribution in [0.25, 0.3) is 0 Å². The predicted octanol–water partition coefficient (Wildman–Crippen LogP) is 1.55. The fourth-order valence-corrected chi connectivity index (χ4v) is 4.54. The van der Waals surface area contributed by atoms with Crippen molar-refractivity contribution in [2.24, 2.45) is 0 Å². The summed E-state index contributed by atoms with van der Waals surface area (Å²) in [5.41, 5.74) is -0.237. The average molecular weight is 257 g/mol. The Morgan fingerprint density at radius 3 is 2.88 bits per heavy atom. The summed E-state index contributed by atoms with van der Waals surface area (Å²) in [6, 6.07) is 0.548. The summed E-state index contributed by atoms with van der Waals surface area (Å²) in [5, 5.41) is 13.7. The molecule has 2 aliphatic heterocycles. The van der Waals surface area contributed by atoms with Gasteiger partial charge in [-0.15, -0.1) is 0 Å². The van der Waals surface area contributed by atoms with E-state index in [1.807, 2.05) is 11.8 Å². The van der Waals surface area contributed by atoms with Crippen molar-refractivity contribution in [2.45, 2.75) is 55.8 Å². The molecular formula is C13H23NO2S. The van der Waals surface area contributed by atoms with E-state index in [2.05, 4.69) is 5.32 Å². The molecule has 3 nitrogen and oxygen atoms in total. The molecule has 2 heterocycles. The molecule has 0 amide bonds.